The molecule has 1 aliphatic rings. The molecule has 0 atom stereocenters. The number of nitrogens with one attached hydrogen (secondary N) is 1. The molecular weight excluding hydrogens is 412 g/mol. The third-order valence-electron chi connectivity index (χ3n) is 5.22. The maximum absolute atomic E-state index is 13.5. The predicted octanol–water partition coefficient (Wildman–Crippen LogP) is 4.78. The molecule has 1 N–H and O–H groups in total. The highest BCUT2D eigenvalue weighted by Gasteiger charge is 2.40. The van der Waals surface area contributed by atoms with Crippen molar-refractivity contribution in [2.45, 2.75) is 13.8 Å². The number of carbonyl (C=O) groups excluding carboxylic acids is 2. The summed E-state index contributed by atoms with van der Waals surface area (Å²) in [5.74, 6) is 0.386. The van der Waals surface area contributed by atoms with Gasteiger partial charge in [0, 0.05) is 28.8 Å². The maximum Gasteiger partial charge on any atom is 0.282 e. The molecule has 0 spiro atoms. The van der Waals surface area contributed by atoms with Crippen LogP contribution in [-0.2, 0) is 9.59 Å². The minimum absolute atomic E-state index is 0.223. The summed E-state index contributed by atoms with van der Waals surface area (Å²) in [7, 11) is 3.11. The fourth-order valence-corrected chi connectivity index (χ4v) is 4.19. The summed E-state index contributed by atoms with van der Waals surface area (Å²) in [4.78, 5) is 28.8. The quantitative estimate of drug-likeness (QED) is 0.566. The third kappa shape index (κ3) is 3.80. The van der Waals surface area contributed by atoms with E-state index in [2.05, 4.69) is 5.32 Å². The van der Waals surface area contributed by atoms with Gasteiger partial charge in [-0.05, 0) is 48.6 Å². The average Bonchev–Trinajstić information content (AvgIpc) is 3.37. The number of methoxy groups -OCH3 is 2. The molecule has 0 aliphatic carbocycles. The van der Waals surface area contributed by atoms with Crippen LogP contribution in [0.2, 0.25) is 0 Å². The van der Waals surface area contributed by atoms with Gasteiger partial charge in [0.05, 0.1) is 25.5 Å². The van der Waals surface area contributed by atoms with E-state index >= 15 is 0 Å². The molecule has 0 bridgehead atoms. The highest BCUT2D eigenvalue weighted by Crippen LogP contribution is 2.37. The lowest BCUT2D eigenvalue weighted by molar-refractivity contribution is -0.120. The van der Waals surface area contributed by atoms with Crippen molar-refractivity contribution in [3.63, 3.8) is 0 Å². The summed E-state index contributed by atoms with van der Waals surface area (Å²) >= 11 is 1.41. The van der Waals surface area contributed by atoms with Gasteiger partial charge in [-0.25, -0.2) is 4.90 Å². The monoisotopic (exact) mass is 434 g/mol. The molecule has 2 aromatic carbocycles. The average molecular weight is 435 g/mol. The first-order valence-electron chi connectivity index (χ1n) is 9.67. The van der Waals surface area contributed by atoms with Crippen molar-refractivity contribution in [3.8, 4) is 11.5 Å². The Labute approximate surface area is 184 Å². The second kappa shape index (κ2) is 8.28. The lowest BCUT2D eigenvalue weighted by Crippen LogP contribution is -2.32. The molecule has 3 aromatic rings. The molecular formula is C24H22N2O4S. The summed E-state index contributed by atoms with van der Waals surface area (Å²) in [5.41, 5.74) is 3.81. The molecule has 158 valence electrons. The predicted molar refractivity (Wildman–Crippen MR) is 123 cm³/mol. The molecule has 0 fully saturated rings. The normalized spacial score (nSPS) is 13.7. The van der Waals surface area contributed by atoms with Gasteiger partial charge in [0.2, 0.25) is 0 Å². The number of carbonyl (C=O) groups is 2. The fraction of sp³-hybridized carbons (Fsp3) is 0.167. The van der Waals surface area contributed by atoms with Gasteiger partial charge < -0.3 is 14.8 Å². The largest absolute Gasteiger partial charge is 0.497 e. The molecule has 7 heteroatoms. The van der Waals surface area contributed by atoms with Crippen molar-refractivity contribution in [1.82, 2.24) is 0 Å². The first-order valence-corrected chi connectivity index (χ1v) is 10.5. The van der Waals surface area contributed by atoms with Crippen molar-refractivity contribution < 1.29 is 19.1 Å². The first kappa shape index (κ1) is 20.7. The molecule has 2 amide bonds. The molecule has 31 heavy (non-hydrogen) atoms. The SMILES string of the molecule is COc1cc(NC2=C(c3cccs3)C(=O)N(c3ccc(C)c(C)c3)C2=O)cc(OC)c1. The van der Waals surface area contributed by atoms with Crippen LogP contribution in [0, 0.1) is 13.8 Å². The van der Waals surface area contributed by atoms with Gasteiger partial charge in [-0.1, -0.05) is 12.1 Å². The lowest BCUT2D eigenvalue weighted by atomic mass is 10.1. The number of amides is 2. The second-order valence-electron chi connectivity index (χ2n) is 7.17. The van der Waals surface area contributed by atoms with E-state index in [4.69, 9.17) is 9.47 Å². The Hall–Kier alpha value is -3.58. The van der Waals surface area contributed by atoms with Gasteiger partial charge in [0.25, 0.3) is 11.8 Å². The van der Waals surface area contributed by atoms with E-state index in [1.807, 2.05) is 43.5 Å². The van der Waals surface area contributed by atoms with Crippen molar-refractivity contribution in [2.24, 2.45) is 0 Å². The van der Waals surface area contributed by atoms with Crippen LogP contribution in [-0.4, -0.2) is 26.0 Å². The number of benzene rings is 2. The highest BCUT2D eigenvalue weighted by atomic mass is 32.1. The van der Waals surface area contributed by atoms with E-state index in [9.17, 15) is 9.59 Å². The molecule has 2 heterocycles. The number of nitrogens with zero attached hydrogens (tertiary/aromatic N) is 1. The van der Waals surface area contributed by atoms with E-state index in [-0.39, 0.29) is 11.6 Å². The summed E-state index contributed by atoms with van der Waals surface area (Å²) in [6, 6.07) is 14.5. The number of ether oxygens (including phenoxy) is 2. The number of aryl methyl sites for hydroxylation is 2. The van der Waals surface area contributed by atoms with Gasteiger partial charge >= 0.3 is 0 Å². The van der Waals surface area contributed by atoms with Crippen molar-refractivity contribution >= 4 is 40.1 Å². The zero-order chi connectivity index (χ0) is 22.1. The van der Waals surface area contributed by atoms with Crippen molar-refractivity contribution in [2.75, 3.05) is 24.4 Å². The van der Waals surface area contributed by atoms with Gasteiger partial charge in [0.1, 0.15) is 17.2 Å². The van der Waals surface area contributed by atoms with Crippen LogP contribution in [0.15, 0.2) is 59.6 Å². The van der Waals surface area contributed by atoms with Crippen LogP contribution in [0.4, 0.5) is 11.4 Å². The molecule has 4 rings (SSSR count). The molecule has 6 nitrogen and oxygen atoms in total. The van der Waals surface area contributed by atoms with E-state index in [0.717, 1.165) is 16.0 Å². The smallest absolute Gasteiger partial charge is 0.282 e. The molecule has 0 saturated carbocycles. The molecule has 1 aromatic heterocycles. The van der Waals surface area contributed by atoms with Gasteiger partial charge in [-0.2, -0.15) is 0 Å². The number of hydrogen-bond donors (Lipinski definition) is 1. The zero-order valence-electron chi connectivity index (χ0n) is 17.7. The molecule has 1 aliphatic heterocycles. The number of anilines is 2. The molecule has 0 unspecified atom stereocenters. The van der Waals surface area contributed by atoms with E-state index in [0.29, 0.717) is 28.4 Å². The Kier molecular flexibility index (Phi) is 5.52. The van der Waals surface area contributed by atoms with Crippen LogP contribution in [0.5, 0.6) is 11.5 Å². The van der Waals surface area contributed by atoms with Crippen LogP contribution in [0.1, 0.15) is 16.0 Å². The number of thiophene rings is 1. The number of rotatable bonds is 6. The zero-order valence-corrected chi connectivity index (χ0v) is 18.5. The van der Waals surface area contributed by atoms with Crippen LogP contribution < -0.4 is 19.7 Å². The van der Waals surface area contributed by atoms with Crippen molar-refractivity contribution in [3.05, 3.63) is 75.6 Å². The Morgan fingerprint density at radius 2 is 1.58 bits per heavy atom. The Balaban J connectivity index is 1.80. The Morgan fingerprint density at radius 3 is 2.16 bits per heavy atom. The van der Waals surface area contributed by atoms with Gasteiger partial charge in [0.15, 0.2) is 0 Å². The maximum atomic E-state index is 13.5. The standard InChI is InChI=1S/C24H22N2O4S/c1-14-7-8-17(10-15(14)2)26-23(27)21(20-6-5-9-31-20)22(24(26)28)25-16-11-18(29-3)13-19(12-16)30-4/h5-13,25H,1-4H3. The Bertz CT molecular complexity index is 1180. The van der Waals surface area contributed by atoms with Gasteiger partial charge in [-0.15, -0.1) is 11.3 Å². The second-order valence-corrected chi connectivity index (χ2v) is 8.12. The lowest BCUT2D eigenvalue weighted by Gasteiger charge is -2.17. The minimum Gasteiger partial charge on any atom is -0.497 e. The van der Waals surface area contributed by atoms with E-state index < -0.39 is 5.91 Å². The van der Waals surface area contributed by atoms with E-state index in [1.54, 1.807) is 38.5 Å². The topological polar surface area (TPSA) is 67.9 Å². The summed E-state index contributed by atoms with van der Waals surface area (Å²) in [6.07, 6.45) is 0. The molecule has 0 radical (unpaired) electrons. The highest BCUT2D eigenvalue weighted by molar-refractivity contribution is 7.11. The van der Waals surface area contributed by atoms with Crippen molar-refractivity contribution in [1.29, 1.82) is 0 Å². The minimum atomic E-state index is -0.404. The number of hydrogen-bond acceptors (Lipinski definition) is 6. The van der Waals surface area contributed by atoms with Crippen LogP contribution in [0.3, 0.4) is 0 Å². The summed E-state index contributed by atoms with van der Waals surface area (Å²) in [5, 5.41) is 5.03. The van der Waals surface area contributed by atoms with Gasteiger partial charge in [-0.3, -0.25) is 9.59 Å². The molecule has 0 saturated heterocycles. The van der Waals surface area contributed by atoms with E-state index in [1.165, 1.54) is 16.2 Å². The van der Waals surface area contributed by atoms with Crippen LogP contribution in [0.25, 0.3) is 5.57 Å². The summed E-state index contributed by atoms with van der Waals surface area (Å²) in [6.45, 7) is 3.95. The third-order valence-corrected chi connectivity index (χ3v) is 6.11. The first-order chi connectivity index (χ1) is 14.9. The van der Waals surface area contributed by atoms with Crippen LogP contribution >= 0.6 is 11.3 Å². The summed E-state index contributed by atoms with van der Waals surface area (Å²) < 4.78 is 10.7. The fourth-order valence-electron chi connectivity index (χ4n) is 3.42. The number of imide groups is 1. The Morgan fingerprint density at radius 1 is 0.871 bits per heavy atom.